The number of rotatable bonds is 6. The van der Waals surface area contributed by atoms with E-state index in [1.165, 1.54) is 12.8 Å². The number of nitrogens with zero attached hydrogens (tertiary/aromatic N) is 1. The summed E-state index contributed by atoms with van der Waals surface area (Å²) in [5, 5.41) is 13.7. The Morgan fingerprint density at radius 2 is 1.91 bits per heavy atom. The van der Waals surface area contributed by atoms with Crippen LogP contribution < -0.4 is 5.32 Å². The summed E-state index contributed by atoms with van der Waals surface area (Å²) >= 11 is 0. The number of nitrogens with one attached hydrogen (secondary N) is 1. The summed E-state index contributed by atoms with van der Waals surface area (Å²) in [7, 11) is 0. The fraction of sp³-hybridized carbons (Fsp3) is 0.611. The summed E-state index contributed by atoms with van der Waals surface area (Å²) < 4.78 is 0. The number of hydrogen-bond donors (Lipinski definition) is 2. The van der Waals surface area contributed by atoms with Gasteiger partial charge in [0.15, 0.2) is 0 Å². The molecule has 0 saturated heterocycles. The van der Waals surface area contributed by atoms with Crippen LogP contribution in [0.4, 0.5) is 4.79 Å². The lowest BCUT2D eigenvalue weighted by Gasteiger charge is -2.31. The van der Waals surface area contributed by atoms with E-state index in [0.29, 0.717) is 19.0 Å². The van der Waals surface area contributed by atoms with Crippen LogP contribution in [0.25, 0.3) is 0 Å². The van der Waals surface area contributed by atoms with Crippen molar-refractivity contribution < 1.29 is 9.90 Å². The Morgan fingerprint density at radius 1 is 1.23 bits per heavy atom. The largest absolute Gasteiger partial charge is 0.388 e. The Kier molecular flexibility index (Phi) is 4.67. The first-order valence-corrected chi connectivity index (χ1v) is 8.44. The minimum absolute atomic E-state index is 0.0453. The van der Waals surface area contributed by atoms with E-state index in [1.54, 1.807) is 4.90 Å². The first-order chi connectivity index (χ1) is 10.6. The second-order valence-corrected chi connectivity index (χ2v) is 6.90. The van der Waals surface area contributed by atoms with Gasteiger partial charge in [0.1, 0.15) is 0 Å². The first kappa shape index (κ1) is 15.3. The number of benzene rings is 1. The molecule has 2 saturated carbocycles. The van der Waals surface area contributed by atoms with E-state index in [2.05, 4.69) is 5.32 Å². The molecule has 2 amide bonds. The molecule has 0 aromatic heterocycles. The number of amides is 2. The Labute approximate surface area is 132 Å². The molecular weight excluding hydrogens is 276 g/mol. The monoisotopic (exact) mass is 302 g/mol. The maximum atomic E-state index is 12.5. The van der Waals surface area contributed by atoms with E-state index in [-0.39, 0.29) is 6.03 Å². The third kappa shape index (κ3) is 4.23. The van der Waals surface area contributed by atoms with Gasteiger partial charge in [0.25, 0.3) is 0 Å². The van der Waals surface area contributed by atoms with Gasteiger partial charge in [0.05, 0.1) is 12.1 Å². The summed E-state index contributed by atoms with van der Waals surface area (Å²) in [6, 6.07) is 9.96. The van der Waals surface area contributed by atoms with Gasteiger partial charge < -0.3 is 15.3 Å². The molecule has 3 rings (SSSR count). The Hall–Kier alpha value is -1.55. The standard InChI is InChI=1S/C18H26N2O2/c21-17(19-12-15-8-9-15)20(13-16-6-2-1-3-7-16)14-18(22)10-4-5-11-18/h1-3,6-7,15,22H,4-5,8-14H2,(H,19,21). The molecule has 2 aliphatic carbocycles. The van der Waals surface area contributed by atoms with Crippen molar-refractivity contribution in [1.29, 1.82) is 0 Å². The summed E-state index contributed by atoms with van der Waals surface area (Å²) in [5.74, 6) is 0.664. The smallest absolute Gasteiger partial charge is 0.317 e. The van der Waals surface area contributed by atoms with Crippen LogP contribution >= 0.6 is 0 Å². The highest BCUT2D eigenvalue weighted by molar-refractivity contribution is 5.74. The Morgan fingerprint density at radius 3 is 2.55 bits per heavy atom. The lowest BCUT2D eigenvalue weighted by Crippen LogP contribution is -2.48. The van der Waals surface area contributed by atoms with Gasteiger partial charge in [-0.1, -0.05) is 43.2 Å². The lowest BCUT2D eigenvalue weighted by atomic mass is 10.0. The first-order valence-electron chi connectivity index (χ1n) is 8.44. The van der Waals surface area contributed by atoms with Crippen LogP contribution in [-0.2, 0) is 6.54 Å². The third-order valence-corrected chi connectivity index (χ3v) is 4.76. The summed E-state index contributed by atoms with van der Waals surface area (Å²) in [6.45, 7) is 1.75. The van der Waals surface area contributed by atoms with Crippen LogP contribution in [-0.4, -0.2) is 34.7 Å². The fourth-order valence-corrected chi connectivity index (χ4v) is 3.22. The molecule has 0 bridgehead atoms. The average molecular weight is 302 g/mol. The maximum absolute atomic E-state index is 12.5. The van der Waals surface area contributed by atoms with E-state index in [1.807, 2.05) is 30.3 Å². The highest BCUT2D eigenvalue weighted by atomic mass is 16.3. The van der Waals surface area contributed by atoms with Gasteiger partial charge in [-0.2, -0.15) is 0 Å². The predicted octanol–water partition coefficient (Wildman–Crippen LogP) is 2.91. The fourth-order valence-electron chi connectivity index (χ4n) is 3.22. The van der Waals surface area contributed by atoms with Gasteiger partial charge in [0.2, 0.25) is 0 Å². The van der Waals surface area contributed by atoms with Gasteiger partial charge in [-0.15, -0.1) is 0 Å². The number of carbonyl (C=O) groups is 1. The topological polar surface area (TPSA) is 52.6 Å². The molecular formula is C18H26N2O2. The normalized spacial score (nSPS) is 19.9. The van der Waals surface area contributed by atoms with Crippen molar-refractivity contribution in [3.63, 3.8) is 0 Å². The Bertz CT molecular complexity index is 493. The predicted molar refractivity (Wildman–Crippen MR) is 86.4 cm³/mol. The molecule has 0 radical (unpaired) electrons. The zero-order chi connectivity index (χ0) is 15.4. The number of urea groups is 1. The van der Waals surface area contributed by atoms with Crippen LogP contribution in [0.3, 0.4) is 0 Å². The zero-order valence-corrected chi connectivity index (χ0v) is 13.1. The molecule has 2 aliphatic rings. The van der Waals surface area contributed by atoms with Crippen LogP contribution in [0.5, 0.6) is 0 Å². The third-order valence-electron chi connectivity index (χ3n) is 4.76. The number of carbonyl (C=O) groups excluding carboxylic acids is 1. The van der Waals surface area contributed by atoms with Gasteiger partial charge >= 0.3 is 6.03 Å². The molecule has 4 heteroatoms. The minimum Gasteiger partial charge on any atom is -0.388 e. The molecule has 0 heterocycles. The van der Waals surface area contributed by atoms with Gasteiger partial charge in [0, 0.05) is 13.1 Å². The van der Waals surface area contributed by atoms with Crippen molar-refractivity contribution in [3.8, 4) is 0 Å². The molecule has 2 fully saturated rings. The van der Waals surface area contributed by atoms with Gasteiger partial charge in [-0.05, 0) is 37.2 Å². The molecule has 1 aromatic rings. The van der Waals surface area contributed by atoms with Crippen molar-refractivity contribution in [2.45, 2.75) is 50.7 Å². The molecule has 0 atom stereocenters. The van der Waals surface area contributed by atoms with E-state index < -0.39 is 5.60 Å². The van der Waals surface area contributed by atoms with E-state index >= 15 is 0 Å². The SMILES string of the molecule is O=C(NCC1CC1)N(Cc1ccccc1)CC1(O)CCCC1. The van der Waals surface area contributed by atoms with Crippen molar-refractivity contribution in [1.82, 2.24) is 10.2 Å². The second kappa shape index (κ2) is 6.69. The molecule has 0 unspecified atom stereocenters. The van der Waals surface area contributed by atoms with Crippen LogP contribution in [0, 0.1) is 5.92 Å². The minimum atomic E-state index is -0.703. The van der Waals surface area contributed by atoms with Crippen molar-refractivity contribution in [3.05, 3.63) is 35.9 Å². The molecule has 0 spiro atoms. The highest BCUT2D eigenvalue weighted by Gasteiger charge is 2.35. The van der Waals surface area contributed by atoms with Crippen molar-refractivity contribution in [2.24, 2.45) is 5.92 Å². The molecule has 2 N–H and O–H groups in total. The van der Waals surface area contributed by atoms with Gasteiger partial charge in [-0.25, -0.2) is 4.79 Å². The maximum Gasteiger partial charge on any atom is 0.317 e. The average Bonchev–Trinajstić information content (AvgIpc) is 3.26. The van der Waals surface area contributed by atoms with E-state index in [4.69, 9.17) is 0 Å². The molecule has 4 nitrogen and oxygen atoms in total. The molecule has 0 aliphatic heterocycles. The lowest BCUT2D eigenvalue weighted by molar-refractivity contribution is 0.0175. The number of aliphatic hydroxyl groups is 1. The van der Waals surface area contributed by atoms with Crippen molar-refractivity contribution >= 4 is 6.03 Å². The molecule has 120 valence electrons. The van der Waals surface area contributed by atoms with Crippen LogP contribution in [0.2, 0.25) is 0 Å². The van der Waals surface area contributed by atoms with E-state index in [9.17, 15) is 9.90 Å². The summed E-state index contributed by atoms with van der Waals surface area (Å²) in [5.41, 5.74) is 0.400. The number of hydrogen-bond acceptors (Lipinski definition) is 2. The highest BCUT2D eigenvalue weighted by Crippen LogP contribution is 2.31. The quantitative estimate of drug-likeness (QED) is 0.849. The van der Waals surface area contributed by atoms with E-state index in [0.717, 1.165) is 37.8 Å². The molecule has 1 aromatic carbocycles. The van der Waals surface area contributed by atoms with Crippen molar-refractivity contribution in [2.75, 3.05) is 13.1 Å². The van der Waals surface area contributed by atoms with Crippen LogP contribution in [0.15, 0.2) is 30.3 Å². The summed E-state index contributed by atoms with van der Waals surface area (Å²) in [6.07, 6.45) is 6.16. The zero-order valence-electron chi connectivity index (χ0n) is 13.1. The Balaban J connectivity index is 1.64. The van der Waals surface area contributed by atoms with Crippen LogP contribution in [0.1, 0.15) is 44.1 Å². The van der Waals surface area contributed by atoms with Gasteiger partial charge in [-0.3, -0.25) is 0 Å². The molecule has 22 heavy (non-hydrogen) atoms. The summed E-state index contributed by atoms with van der Waals surface area (Å²) in [4.78, 5) is 14.3. The second-order valence-electron chi connectivity index (χ2n) is 6.90.